The zero-order valence-electron chi connectivity index (χ0n) is 15.1. The average Bonchev–Trinajstić information content (AvgIpc) is 2.95. The maximum atomic E-state index is 12.5. The Morgan fingerprint density at radius 1 is 1.00 bits per heavy atom. The van der Waals surface area contributed by atoms with Crippen molar-refractivity contribution in [3.05, 3.63) is 77.5 Å². The van der Waals surface area contributed by atoms with Gasteiger partial charge in [-0.2, -0.15) is 0 Å². The van der Waals surface area contributed by atoms with Crippen LogP contribution in [-0.4, -0.2) is 15.7 Å². The number of anilines is 1. The predicted molar refractivity (Wildman–Crippen MR) is 101 cm³/mol. The largest absolute Gasteiger partial charge is 0.305 e. The maximum absolute atomic E-state index is 12.5. The molecule has 25 heavy (non-hydrogen) atoms. The second-order valence-electron chi connectivity index (χ2n) is 7.20. The molecule has 0 atom stereocenters. The molecule has 4 heteroatoms. The van der Waals surface area contributed by atoms with Crippen LogP contribution in [0.15, 0.2) is 60.7 Å². The highest BCUT2D eigenvalue weighted by Gasteiger charge is 2.15. The fourth-order valence-electron chi connectivity index (χ4n) is 2.68. The van der Waals surface area contributed by atoms with Gasteiger partial charge in [-0.05, 0) is 42.2 Å². The summed E-state index contributed by atoms with van der Waals surface area (Å²) in [6.07, 6.45) is 0. The molecule has 0 spiro atoms. The zero-order valence-corrected chi connectivity index (χ0v) is 15.1. The lowest BCUT2D eigenvalue weighted by molar-refractivity contribution is 0.102. The van der Waals surface area contributed by atoms with Crippen LogP contribution in [0.2, 0.25) is 0 Å². The van der Waals surface area contributed by atoms with Gasteiger partial charge >= 0.3 is 0 Å². The van der Waals surface area contributed by atoms with Crippen LogP contribution in [0.25, 0.3) is 5.69 Å². The quantitative estimate of drug-likeness (QED) is 0.753. The van der Waals surface area contributed by atoms with Gasteiger partial charge in [-0.1, -0.05) is 51.1 Å². The number of rotatable bonds is 3. The summed E-state index contributed by atoms with van der Waals surface area (Å²) in [5, 5.41) is 7.36. The standard InChI is InChI=1S/C21H23N3O/c1-15-14-19(23-24(15)18-8-6-5-7-9-18)22-20(25)16-10-12-17(13-11-16)21(2,3)4/h5-14H,1-4H3,(H,22,23,25). The number of benzene rings is 2. The third kappa shape index (κ3) is 3.79. The molecule has 3 rings (SSSR count). The molecule has 1 aromatic heterocycles. The van der Waals surface area contributed by atoms with Crippen molar-refractivity contribution >= 4 is 11.7 Å². The Labute approximate surface area is 148 Å². The summed E-state index contributed by atoms with van der Waals surface area (Å²) in [6, 6.07) is 19.4. The molecule has 0 bridgehead atoms. The van der Waals surface area contributed by atoms with E-state index in [1.807, 2.05) is 72.3 Å². The van der Waals surface area contributed by atoms with Gasteiger partial charge in [0.05, 0.1) is 5.69 Å². The van der Waals surface area contributed by atoms with Crippen LogP contribution >= 0.6 is 0 Å². The number of carbonyl (C=O) groups excluding carboxylic acids is 1. The minimum absolute atomic E-state index is 0.0700. The third-order valence-electron chi connectivity index (χ3n) is 4.14. The number of amides is 1. The van der Waals surface area contributed by atoms with Crippen molar-refractivity contribution in [2.75, 3.05) is 5.32 Å². The molecule has 0 radical (unpaired) electrons. The Morgan fingerprint density at radius 3 is 2.24 bits per heavy atom. The second-order valence-corrected chi connectivity index (χ2v) is 7.20. The van der Waals surface area contributed by atoms with Crippen LogP contribution in [0.1, 0.15) is 42.4 Å². The predicted octanol–water partition coefficient (Wildman–Crippen LogP) is 4.73. The molecule has 128 valence electrons. The first-order valence-corrected chi connectivity index (χ1v) is 8.38. The molecule has 0 aliphatic carbocycles. The van der Waals surface area contributed by atoms with Crippen molar-refractivity contribution in [1.29, 1.82) is 0 Å². The van der Waals surface area contributed by atoms with Crippen molar-refractivity contribution < 1.29 is 4.79 Å². The lowest BCUT2D eigenvalue weighted by Gasteiger charge is -2.18. The Balaban J connectivity index is 1.78. The molecule has 4 nitrogen and oxygen atoms in total. The number of aryl methyl sites for hydroxylation is 1. The molecule has 0 aliphatic heterocycles. The third-order valence-corrected chi connectivity index (χ3v) is 4.14. The van der Waals surface area contributed by atoms with Crippen LogP contribution < -0.4 is 5.32 Å². The summed E-state index contributed by atoms with van der Waals surface area (Å²) in [6.45, 7) is 8.43. The fraction of sp³-hybridized carbons (Fsp3) is 0.238. The molecule has 0 saturated carbocycles. The van der Waals surface area contributed by atoms with E-state index in [1.165, 1.54) is 5.56 Å². The smallest absolute Gasteiger partial charge is 0.256 e. The topological polar surface area (TPSA) is 46.9 Å². The number of aromatic nitrogens is 2. The van der Waals surface area contributed by atoms with E-state index in [1.54, 1.807) is 0 Å². The minimum atomic E-state index is -0.154. The molecule has 0 saturated heterocycles. The first-order chi connectivity index (χ1) is 11.8. The molecule has 0 unspecified atom stereocenters. The van der Waals surface area contributed by atoms with E-state index in [4.69, 9.17) is 0 Å². The number of hydrogen-bond donors (Lipinski definition) is 1. The SMILES string of the molecule is Cc1cc(NC(=O)c2ccc(C(C)(C)C)cc2)nn1-c1ccccc1. The normalized spacial score (nSPS) is 11.4. The van der Waals surface area contributed by atoms with E-state index in [0.29, 0.717) is 11.4 Å². The van der Waals surface area contributed by atoms with E-state index >= 15 is 0 Å². The van der Waals surface area contributed by atoms with Gasteiger partial charge in [0.15, 0.2) is 5.82 Å². The summed E-state index contributed by atoms with van der Waals surface area (Å²) < 4.78 is 1.82. The summed E-state index contributed by atoms with van der Waals surface area (Å²) in [4.78, 5) is 12.5. The number of carbonyl (C=O) groups is 1. The van der Waals surface area contributed by atoms with Gasteiger partial charge in [0.25, 0.3) is 5.91 Å². The van der Waals surface area contributed by atoms with Gasteiger partial charge in [0.1, 0.15) is 0 Å². The first kappa shape index (κ1) is 17.0. The van der Waals surface area contributed by atoms with Crippen LogP contribution in [-0.2, 0) is 5.41 Å². The highest BCUT2D eigenvalue weighted by Crippen LogP contribution is 2.22. The monoisotopic (exact) mass is 333 g/mol. The number of nitrogens with one attached hydrogen (secondary N) is 1. The highest BCUT2D eigenvalue weighted by atomic mass is 16.1. The minimum Gasteiger partial charge on any atom is -0.305 e. The number of para-hydroxylation sites is 1. The van der Waals surface area contributed by atoms with Gasteiger partial charge in [-0.15, -0.1) is 5.10 Å². The molecule has 0 aliphatic rings. The van der Waals surface area contributed by atoms with Crippen molar-refractivity contribution in [3.8, 4) is 5.69 Å². The molecular weight excluding hydrogens is 310 g/mol. The Morgan fingerprint density at radius 2 is 1.64 bits per heavy atom. The van der Waals surface area contributed by atoms with Crippen molar-refractivity contribution in [1.82, 2.24) is 9.78 Å². The molecular formula is C21H23N3O. The molecule has 1 heterocycles. The Bertz CT molecular complexity index is 872. The van der Waals surface area contributed by atoms with Gasteiger partial charge in [-0.25, -0.2) is 4.68 Å². The molecule has 0 fully saturated rings. The van der Waals surface area contributed by atoms with Crippen LogP contribution in [0, 0.1) is 6.92 Å². The lowest BCUT2D eigenvalue weighted by atomic mass is 9.87. The van der Waals surface area contributed by atoms with E-state index in [0.717, 1.165) is 11.4 Å². The van der Waals surface area contributed by atoms with E-state index in [-0.39, 0.29) is 11.3 Å². The van der Waals surface area contributed by atoms with E-state index in [9.17, 15) is 4.79 Å². The zero-order chi connectivity index (χ0) is 18.0. The van der Waals surface area contributed by atoms with Crippen LogP contribution in [0.4, 0.5) is 5.82 Å². The molecule has 3 aromatic rings. The van der Waals surface area contributed by atoms with Crippen molar-refractivity contribution in [2.45, 2.75) is 33.1 Å². The highest BCUT2D eigenvalue weighted by molar-refractivity contribution is 6.03. The lowest BCUT2D eigenvalue weighted by Crippen LogP contribution is -2.14. The van der Waals surface area contributed by atoms with Gasteiger partial charge in [-0.3, -0.25) is 4.79 Å². The number of hydrogen-bond acceptors (Lipinski definition) is 2. The van der Waals surface area contributed by atoms with Gasteiger partial charge in [0.2, 0.25) is 0 Å². The Hall–Kier alpha value is -2.88. The summed E-state index contributed by atoms with van der Waals surface area (Å²) in [7, 11) is 0. The average molecular weight is 333 g/mol. The number of nitrogens with zero attached hydrogens (tertiary/aromatic N) is 2. The Kier molecular flexibility index (Phi) is 4.45. The fourth-order valence-corrected chi connectivity index (χ4v) is 2.68. The summed E-state index contributed by atoms with van der Waals surface area (Å²) in [5.41, 5.74) is 3.83. The second kappa shape index (κ2) is 6.55. The summed E-state index contributed by atoms with van der Waals surface area (Å²) >= 11 is 0. The molecule has 1 amide bonds. The van der Waals surface area contributed by atoms with Gasteiger partial charge in [0, 0.05) is 17.3 Å². The first-order valence-electron chi connectivity index (χ1n) is 8.38. The summed E-state index contributed by atoms with van der Waals surface area (Å²) in [5.74, 6) is 0.393. The van der Waals surface area contributed by atoms with Crippen molar-refractivity contribution in [2.24, 2.45) is 0 Å². The molecule has 1 N–H and O–H groups in total. The van der Waals surface area contributed by atoms with Gasteiger partial charge < -0.3 is 5.32 Å². The molecule has 2 aromatic carbocycles. The van der Waals surface area contributed by atoms with Crippen molar-refractivity contribution in [3.63, 3.8) is 0 Å². The van der Waals surface area contributed by atoms with Crippen LogP contribution in [0.3, 0.4) is 0 Å². The van der Waals surface area contributed by atoms with E-state index < -0.39 is 0 Å². The van der Waals surface area contributed by atoms with E-state index in [2.05, 4.69) is 31.2 Å². The van der Waals surface area contributed by atoms with Crippen LogP contribution in [0.5, 0.6) is 0 Å². The maximum Gasteiger partial charge on any atom is 0.256 e.